The number of nitrogens with zero attached hydrogens (tertiary/aromatic N) is 1. The van der Waals surface area contributed by atoms with Crippen molar-refractivity contribution in [2.75, 3.05) is 19.6 Å². The highest BCUT2D eigenvalue weighted by Crippen LogP contribution is 2.24. The maximum atomic E-state index is 12.5. The lowest BCUT2D eigenvalue weighted by Crippen LogP contribution is -2.40. The molecule has 2 amide bonds. The van der Waals surface area contributed by atoms with Gasteiger partial charge in [-0.3, -0.25) is 9.59 Å². The molecule has 0 aromatic carbocycles. The number of rotatable bonds is 1. The molecule has 0 aromatic rings. The third-order valence-corrected chi connectivity index (χ3v) is 4.03. The van der Waals surface area contributed by atoms with Crippen LogP contribution in [0.25, 0.3) is 0 Å². The van der Waals surface area contributed by atoms with Crippen LogP contribution in [0.15, 0.2) is 0 Å². The second-order valence-electron chi connectivity index (χ2n) is 5.51. The van der Waals surface area contributed by atoms with Crippen molar-refractivity contribution >= 4 is 11.8 Å². The van der Waals surface area contributed by atoms with Crippen LogP contribution in [0, 0.1) is 5.92 Å². The molecule has 0 atom stereocenters. The Hall–Kier alpha value is -1.06. The van der Waals surface area contributed by atoms with Crippen LogP contribution in [0.4, 0.5) is 0 Å². The topological polar surface area (TPSA) is 49.4 Å². The molecule has 0 radical (unpaired) electrons. The molecular formula is C14H24N2O2. The maximum Gasteiger partial charge on any atom is 0.239 e. The molecule has 2 fully saturated rings. The van der Waals surface area contributed by atoms with Crippen LogP contribution in [0.5, 0.6) is 0 Å². The molecule has 2 aliphatic rings. The number of carbonyl (C=O) groups is 2. The number of nitrogens with one attached hydrogen (secondary N) is 1. The summed E-state index contributed by atoms with van der Waals surface area (Å²) in [6.07, 6.45) is 9.05. The molecule has 4 nitrogen and oxygen atoms in total. The predicted octanol–water partition coefficient (Wildman–Crippen LogP) is 1.70. The van der Waals surface area contributed by atoms with Gasteiger partial charge in [-0.2, -0.15) is 0 Å². The molecule has 1 saturated heterocycles. The van der Waals surface area contributed by atoms with Crippen LogP contribution in [0.3, 0.4) is 0 Å². The maximum absolute atomic E-state index is 12.5. The molecule has 102 valence electrons. The minimum Gasteiger partial charge on any atom is -0.354 e. The van der Waals surface area contributed by atoms with Gasteiger partial charge in [-0.05, 0) is 19.3 Å². The number of amides is 2. The summed E-state index contributed by atoms with van der Waals surface area (Å²) in [5.74, 6) is 0.372. The quantitative estimate of drug-likeness (QED) is 0.772. The molecule has 18 heavy (non-hydrogen) atoms. The van der Waals surface area contributed by atoms with Crippen molar-refractivity contribution < 1.29 is 9.59 Å². The van der Waals surface area contributed by atoms with Gasteiger partial charge in [-0.15, -0.1) is 0 Å². The molecule has 1 saturated carbocycles. The Morgan fingerprint density at radius 2 is 1.72 bits per heavy atom. The highest BCUT2D eigenvalue weighted by molar-refractivity contribution is 5.86. The largest absolute Gasteiger partial charge is 0.354 e. The lowest BCUT2D eigenvalue weighted by molar-refractivity contribution is -0.139. The Morgan fingerprint density at radius 3 is 2.44 bits per heavy atom. The van der Waals surface area contributed by atoms with E-state index in [0.29, 0.717) is 6.54 Å². The van der Waals surface area contributed by atoms with Gasteiger partial charge in [0, 0.05) is 19.0 Å². The summed E-state index contributed by atoms with van der Waals surface area (Å²) in [4.78, 5) is 25.7. The summed E-state index contributed by atoms with van der Waals surface area (Å²) in [7, 11) is 0. The highest BCUT2D eigenvalue weighted by Gasteiger charge is 2.26. The van der Waals surface area contributed by atoms with E-state index in [1.54, 1.807) is 4.90 Å². The fourth-order valence-corrected chi connectivity index (χ4v) is 2.96. The third kappa shape index (κ3) is 3.72. The summed E-state index contributed by atoms with van der Waals surface area (Å²) in [6, 6.07) is 0. The van der Waals surface area contributed by atoms with Gasteiger partial charge >= 0.3 is 0 Å². The Morgan fingerprint density at radius 1 is 1.06 bits per heavy atom. The first kappa shape index (κ1) is 13.4. The first-order chi connectivity index (χ1) is 8.77. The van der Waals surface area contributed by atoms with Gasteiger partial charge in [0.1, 0.15) is 0 Å². The predicted molar refractivity (Wildman–Crippen MR) is 70.0 cm³/mol. The van der Waals surface area contributed by atoms with Gasteiger partial charge in [0.05, 0.1) is 6.54 Å². The van der Waals surface area contributed by atoms with Crippen molar-refractivity contribution in [3.8, 4) is 0 Å². The van der Waals surface area contributed by atoms with Gasteiger partial charge in [0.2, 0.25) is 11.8 Å². The van der Waals surface area contributed by atoms with Crippen LogP contribution >= 0.6 is 0 Å². The highest BCUT2D eigenvalue weighted by atomic mass is 16.2. The van der Waals surface area contributed by atoms with E-state index in [4.69, 9.17) is 0 Å². The van der Waals surface area contributed by atoms with Crippen LogP contribution in [-0.2, 0) is 9.59 Å². The molecular weight excluding hydrogens is 228 g/mol. The molecule has 0 spiro atoms. The molecule has 1 aliphatic heterocycles. The van der Waals surface area contributed by atoms with Crippen molar-refractivity contribution in [1.82, 2.24) is 10.2 Å². The fourth-order valence-electron chi connectivity index (χ4n) is 2.96. The van der Waals surface area contributed by atoms with Crippen LogP contribution < -0.4 is 5.32 Å². The minimum atomic E-state index is -0.00769. The second-order valence-corrected chi connectivity index (χ2v) is 5.51. The molecule has 0 unspecified atom stereocenters. The summed E-state index contributed by atoms with van der Waals surface area (Å²) in [6.45, 7) is 1.69. The SMILES string of the molecule is O=C1CN(C(=O)C2CCCCCCC2)CCCN1. The minimum absolute atomic E-state index is 0.00769. The first-order valence-electron chi connectivity index (χ1n) is 7.33. The average molecular weight is 252 g/mol. The van der Waals surface area contributed by atoms with Crippen LogP contribution in [-0.4, -0.2) is 36.3 Å². The standard InChI is InChI=1S/C14H24N2O2/c17-13-11-16(10-6-9-15-13)14(18)12-7-4-2-1-3-5-8-12/h12H,1-11H2,(H,15,17). The molecule has 1 aliphatic carbocycles. The van der Waals surface area contributed by atoms with E-state index in [9.17, 15) is 9.59 Å². The average Bonchev–Trinajstić information content (AvgIpc) is 2.53. The zero-order valence-electron chi connectivity index (χ0n) is 11.1. The van der Waals surface area contributed by atoms with Crippen LogP contribution in [0.2, 0.25) is 0 Å². The van der Waals surface area contributed by atoms with Crippen molar-refractivity contribution in [3.05, 3.63) is 0 Å². The second kappa shape index (κ2) is 6.76. The molecule has 1 N–H and O–H groups in total. The van der Waals surface area contributed by atoms with Crippen molar-refractivity contribution in [2.45, 2.75) is 51.4 Å². The van der Waals surface area contributed by atoms with Crippen LogP contribution in [0.1, 0.15) is 51.4 Å². The normalized spacial score (nSPS) is 23.8. The fraction of sp³-hybridized carbons (Fsp3) is 0.857. The van der Waals surface area contributed by atoms with E-state index in [1.165, 1.54) is 19.3 Å². The molecule has 2 rings (SSSR count). The molecule has 0 bridgehead atoms. The zero-order chi connectivity index (χ0) is 12.8. The Kier molecular flexibility index (Phi) is 5.02. The lowest BCUT2D eigenvalue weighted by atomic mass is 9.90. The van der Waals surface area contributed by atoms with Gasteiger partial charge in [0.25, 0.3) is 0 Å². The first-order valence-corrected chi connectivity index (χ1v) is 7.33. The van der Waals surface area contributed by atoms with Crippen molar-refractivity contribution in [1.29, 1.82) is 0 Å². The summed E-state index contributed by atoms with van der Waals surface area (Å²) >= 11 is 0. The Balaban J connectivity index is 1.92. The number of carbonyl (C=O) groups excluding carboxylic acids is 2. The zero-order valence-corrected chi connectivity index (χ0v) is 11.1. The summed E-state index contributed by atoms with van der Waals surface area (Å²) in [5, 5.41) is 2.82. The van der Waals surface area contributed by atoms with E-state index in [1.807, 2.05) is 0 Å². The molecule has 4 heteroatoms. The number of hydrogen-bond acceptors (Lipinski definition) is 2. The van der Waals surface area contributed by atoms with E-state index in [2.05, 4.69) is 5.32 Å². The van der Waals surface area contributed by atoms with Gasteiger partial charge in [-0.1, -0.05) is 32.1 Å². The molecule has 0 aromatic heterocycles. The van der Waals surface area contributed by atoms with Crippen molar-refractivity contribution in [2.24, 2.45) is 5.92 Å². The van der Waals surface area contributed by atoms with E-state index >= 15 is 0 Å². The van der Waals surface area contributed by atoms with Crippen molar-refractivity contribution in [3.63, 3.8) is 0 Å². The molecule has 1 heterocycles. The smallest absolute Gasteiger partial charge is 0.239 e. The van der Waals surface area contributed by atoms with Gasteiger partial charge < -0.3 is 10.2 Å². The van der Waals surface area contributed by atoms with E-state index < -0.39 is 0 Å². The Labute approximate surface area is 109 Å². The van der Waals surface area contributed by atoms with Gasteiger partial charge in [0.15, 0.2) is 0 Å². The lowest BCUT2D eigenvalue weighted by Gasteiger charge is -2.26. The monoisotopic (exact) mass is 252 g/mol. The summed E-state index contributed by atoms with van der Waals surface area (Å²) in [5.41, 5.74) is 0. The summed E-state index contributed by atoms with van der Waals surface area (Å²) < 4.78 is 0. The van der Waals surface area contributed by atoms with E-state index in [0.717, 1.165) is 38.6 Å². The van der Waals surface area contributed by atoms with Gasteiger partial charge in [-0.25, -0.2) is 0 Å². The third-order valence-electron chi connectivity index (χ3n) is 4.03. The van der Waals surface area contributed by atoms with E-state index in [-0.39, 0.29) is 24.3 Å². The number of hydrogen-bond donors (Lipinski definition) is 1. The Bertz CT molecular complexity index is 296.